The highest BCUT2D eigenvalue weighted by Crippen LogP contribution is 2.32. The standard InChI is InChI=1S/C19H22N6O4/c1-3-19(6-4-7-19)22-18(27)29-12-9-15(28-11-12)13-10-16(24-23-13)21-17(26)14-5-8-20-25(14)2/h1,5,8,10,12,15H,4,6-7,9,11H2,2H3,(H,22,27)(H2,21,23,24,26)/t12-,15-/m0/s1. The number of carbonyl (C=O) groups excluding carboxylic acids is 2. The molecule has 152 valence electrons. The van der Waals surface area contributed by atoms with Gasteiger partial charge in [-0.2, -0.15) is 10.2 Å². The molecule has 10 nitrogen and oxygen atoms in total. The third-order valence-electron chi connectivity index (χ3n) is 5.30. The number of aryl methyl sites for hydroxylation is 1. The molecule has 0 radical (unpaired) electrons. The molecule has 10 heteroatoms. The molecule has 3 heterocycles. The van der Waals surface area contributed by atoms with E-state index in [0.717, 1.165) is 19.3 Å². The van der Waals surface area contributed by atoms with Crippen molar-refractivity contribution in [2.24, 2.45) is 7.05 Å². The van der Waals surface area contributed by atoms with E-state index in [9.17, 15) is 9.59 Å². The molecule has 2 fully saturated rings. The molecule has 29 heavy (non-hydrogen) atoms. The average Bonchev–Trinajstić information content (AvgIpc) is 3.39. The van der Waals surface area contributed by atoms with Gasteiger partial charge < -0.3 is 20.1 Å². The number of anilines is 1. The Morgan fingerprint density at radius 3 is 2.97 bits per heavy atom. The molecule has 0 aromatic carbocycles. The lowest BCUT2D eigenvalue weighted by Crippen LogP contribution is -2.53. The predicted octanol–water partition coefficient (Wildman–Crippen LogP) is 1.51. The number of hydrogen-bond donors (Lipinski definition) is 3. The lowest BCUT2D eigenvalue weighted by molar-refractivity contribution is 0.0631. The fourth-order valence-electron chi connectivity index (χ4n) is 3.45. The van der Waals surface area contributed by atoms with Crippen LogP contribution >= 0.6 is 0 Å². The molecule has 0 bridgehead atoms. The van der Waals surface area contributed by atoms with E-state index in [2.05, 4.69) is 31.9 Å². The Kier molecular flexibility index (Phi) is 4.98. The van der Waals surface area contributed by atoms with Gasteiger partial charge in [0.1, 0.15) is 23.4 Å². The normalized spacial score (nSPS) is 22.3. The molecular weight excluding hydrogens is 376 g/mol. The van der Waals surface area contributed by atoms with E-state index in [-0.39, 0.29) is 24.7 Å². The zero-order valence-electron chi connectivity index (χ0n) is 16.0. The molecule has 1 aliphatic carbocycles. The maximum Gasteiger partial charge on any atom is 0.408 e. The van der Waals surface area contributed by atoms with Crippen molar-refractivity contribution in [3.8, 4) is 12.3 Å². The van der Waals surface area contributed by atoms with Crippen molar-refractivity contribution in [2.75, 3.05) is 11.9 Å². The van der Waals surface area contributed by atoms with Gasteiger partial charge in [-0.05, 0) is 25.3 Å². The zero-order chi connectivity index (χ0) is 20.4. The second kappa shape index (κ2) is 7.60. The Hall–Kier alpha value is -3.32. The third-order valence-corrected chi connectivity index (χ3v) is 5.30. The molecule has 2 atom stereocenters. The number of hydrogen-bond acceptors (Lipinski definition) is 6. The molecule has 3 N–H and O–H groups in total. The molecule has 0 spiro atoms. The van der Waals surface area contributed by atoms with Gasteiger partial charge in [0, 0.05) is 25.7 Å². The summed E-state index contributed by atoms with van der Waals surface area (Å²) in [5, 5.41) is 16.4. The minimum absolute atomic E-state index is 0.275. The van der Waals surface area contributed by atoms with Crippen molar-refractivity contribution in [1.29, 1.82) is 0 Å². The van der Waals surface area contributed by atoms with Crippen LogP contribution in [0.2, 0.25) is 0 Å². The van der Waals surface area contributed by atoms with Crippen molar-refractivity contribution in [2.45, 2.75) is 43.4 Å². The van der Waals surface area contributed by atoms with Gasteiger partial charge in [0.05, 0.1) is 12.3 Å². The number of alkyl carbamates (subject to hydrolysis) is 1. The average molecular weight is 398 g/mol. The first-order chi connectivity index (χ1) is 14.0. The van der Waals surface area contributed by atoms with E-state index in [0.29, 0.717) is 23.6 Å². The number of terminal acetylenes is 1. The Balaban J connectivity index is 1.29. The van der Waals surface area contributed by atoms with E-state index in [1.165, 1.54) is 4.68 Å². The van der Waals surface area contributed by atoms with Crippen molar-refractivity contribution in [3.05, 3.63) is 29.7 Å². The fraction of sp³-hybridized carbons (Fsp3) is 0.474. The SMILES string of the molecule is C#CC1(NC(=O)O[C@@H]2CO[C@H](c3cc(NC(=O)c4ccnn4C)n[nH]3)C2)CCC1. The number of ether oxygens (including phenoxy) is 2. The summed E-state index contributed by atoms with van der Waals surface area (Å²) in [4.78, 5) is 24.3. The maximum atomic E-state index is 12.2. The van der Waals surface area contributed by atoms with Crippen LogP contribution in [0.25, 0.3) is 0 Å². The fourth-order valence-corrected chi connectivity index (χ4v) is 3.45. The van der Waals surface area contributed by atoms with E-state index in [1.54, 1.807) is 25.4 Å². The topological polar surface area (TPSA) is 123 Å². The molecule has 2 aromatic rings. The lowest BCUT2D eigenvalue weighted by atomic mass is 9.78. The summed E-state index contributed by atoms with van der Waals surface area (Å²) < 4.78 is 12.6. The van der Waals surface area contributed by atoms with Gasteiger partial charge in [0.2, 0.25) is 0 Å². The Labute approximate surface area is 167 Å². The largest absolute Gasteiger partial charge is 0.444 e. The maximum absolute atomic E-state index is 12.2. The first-order valence-corrected chi connectivity index (χ1v) is 9.41. The lowest BCUT2D eigenvalue weighted by Gasteiger charge is -2.37. The molecule has 1 aliphatic heterocycles. The highest BCUT2D eigenvalue weighted by atomic mass is 16.6. The van der Waals surface area contributed by atoms with Crippen molar-refractivity contribution < 1.29 is 19.1 Å². The summed E-state index contributed by atoms with van der Waals surface area (Å²) in [5.41, 5.74) is 0.540. The van der Waals surface area contributed by atoms with Gasteiger partial charge in [0.25, 0.3) is 5.91 Å². The summed E-state index contributed by atoms with van der Waals surface area (Å²) in [6.07, 6.45) is 8.85. The quantitative estimate of drug-likeness (QED) is 0.656. The van der Waals surface area contributed by atoms with Gasteiger partial charge in [-0.25, -0.2) is 4.79 Å². The molecule has 0 unspecified atom stereocenters. The van der Waals surface area contributed by atoms with E-state index >= 15 is 0 Å². The molecule has 1 saturated carbocycles. The molecular formula is C19H22N6O4. The minimum atomic E-state index is -0.569. The summed E-state index contributed by atoms with van der Waals surface area (Å²) in [7, 11) is 1.68. The first kappa shape index (κ1) is 19.0. The second-order valence-electron chi connectivity index (χ2n) is 7.29. The number of aromatic nitrogens is 4. The van der Waals surface area contributed by atoms with E-state index < -0.39 is 11.6 Å². The minimum Gasteiger partial charge on any atom is -0.444 e. The van der Waals surface area contributed by atoms with Crippen LogP contribution in [0.3, 0.4) is 0 Å². The van der Waals surface area contributed by atoms with Crippen LogP contribution in [0, 0.1) is 12.3 Å². The molecule has 1 saturated heterocycles. The Bertz CT molecular complexity index is 954. The first-order valence-electron chi connectivity index (χ1n) is 9.41. The van der Waals surface area contributed by atoms with Crippen LogP contribution in [0.5, 0.6) is 0 Å². The van der Waals surface area contributed by atoms with E-state index in [1.807, 2.05) is 0 Å². The van der Waals surface area contributed by atoms with Crippen LogP contribution in [0.1, 0.15) is 48.0 Å². The highest BCUT2D eigenvalue weighted by Gasteiger charge is 2.38. The molecule has 2 amide bonds. The van der Waals surface area contributed by atoms with Gasteiger partial charge in [0.15, 0.2) is 5.82 Å². The summed E-state index contributed by atoms with van der Waals surface area (Å²) in [5.74, 6) is 2.70. The number of carbonyl (C=O) groups is 2. The predicted molar refractivity (Wildman–Crippen MR) is 102 cm³/mol. The zero-order valence-corrected chi connectivity index (χ0v) is 16.0. The summed E-state index contributed by atoms with van der Waals surface area (Å²) >= 11 is 0. The number of nitrogens with zero attached hydrogens (tertiary/aromatic N) is 3. The number of aromatic amines is 1. The van der Waals surface area contributed by atoms with E-state index in [4.69, 9.17) is 15.9 Å². The summed E-state index contributed by atoms with van der Waals surface area (Å²) in [6, 6.07) is 3.31. The van der Waals surface area contributed by atoms with Gasteiger partial charge >= 0.3 is 6.09 Å². The van der Waals surface area contributed by atoms with Gasteiger partial charge in [-0.3, -0.25) is 14.6 Å². The van der Waals surface area contributed by atoms with Crippen LogP contribution in [0.4, 0.5) is 10.6 Å². The molecule has 2 aliphatic rings. The van der Waals surface area contributed by atoms with Gasteiger partial charge in [-0.15, -0.1) is 6.42 Å². The monoisotopic (exact) mass is 398 g/mol. The number of amides is 2. The third kappa shape index (κ3) is 3.95. The van der Waals surface area contributed by atoms with Crippen molar-refractivity contribution >= 4 is 17.8 Å². The molecule has 2 aromatic heterocycles. The Morgan fingerprint density at radius 1 is 1.48 bits per heavy atom. The second-order valence-corrected chi connectivity index (χ2v) is 7.29. The number of H-pyrrole nitrogens is 1. The number of nitrogens with one attached hydrogen (secondary N) is 3. The van der Waals surface area contributed by atoms with Crippen LogP contribution in [-0.2, 0) is 16.5 Å². The van der Waals surface area contributed by atoms with Crippen LogP contribution < -0.4 is 10.6 Å². The van der Waals surface area contributed by atoms with Gasteiger partial charge in [-0.1, -0.05) is 5.92 Å². The molecule has 4 rings (SSSR count). The van der Waals surface area contributed by atoms with Crippen LogP contribution in [0.15, 0.2) is 18.3 Å². The van der Waals surface area contributed by atoms with Crippen molar-refractivity contribution in [1.82, 2.24) is 25.3 Å². The summed E-state index contributed by atoms with van der Waals surface area (Å²) in [6.45, 7) is 0.275. The van der Waals surface area contributed by atoms with Crippen molar-refractivity contribution in [3.63, 3.8) is 0 Å². The Morgan fingerprint density at radius 2 is 2.31 bits per heavy atom. The van der Waals surface area contributed by atoms with Crippen LogP contribution in [-0.4, -0.2) is 50.2 Å². The highest BCUT2D eigenvalue weighted by molar-refractivity contribution is 6.02. The number of rotatable bonds is 5. The smallest absolute Gasteiger partial charge is 0.408 e.